The van der Waals surface area contributed by atoms with Crippen LogP contribution in [0.1, 0.15) is 25.3 Å². The molecule has 1 unspecified atom stereocenters. The van der Waals surface area contributed by atoms with Crippen molar-refractivity contribution in [3.05, 3.63) is 33.8 Å². The molecule has 0 aromatic heterocycles. The van der Waals surface area contributed by atoms with Gasteiger partial charge in [-0.1, -0.05) is 43.1 Å². The van der Waals surface area contributed by atoms with E-state index >= 15 is 0 Å². The number of halogens is 3. The number of hydrogen-bond donors (Lipinski definition) is 0. The molecule has 1 aromatic rings. The Morgan fingerprint density at radius 3 is 2.20 bits per heavy atom. The van der Waals surface area contributed by atoms with E-state index < -0.39 is 0 Å². The van der Waals surface area contributed by atoms with Crippen LogP contribution >= 0.6 is 34.8 Å². The molecule has 0 aliphatic carbocycles. The lowest BCUT2D eigenvalue weighted by molar-refractivity contribution is -0.113. The zero-order valence-corrected chi connectivity index (χ0v) is 10.7. The second-order valence-corrected chi connectivity index (χ2v) is 4.89. The quantitative estimate of drug-likeness (QED) is 0.736. The lowest BCUT2D eigenvalue weighted by Gasteiger charge is -2.17. The van der Waals surface area contributed by atoms with Gasteiger partial charge in [0.05, 0.1) is 16.0 Å². The van der Waals surface area contributed by atoms with Crippen LogP contribution < -0.4 is 0 Å². The Morgan fingerprint density at radius 2 is 1.80 bits per heavy atom. The fraction of sp³-hybridized carbons (Fsp3) is 0.364. The van der Waals surface area contributed by atoms with Crippen LogP contribution in [-0.2, 0) is 4.79 Å². The van der Waals surface area contributed by atoms with Crippen molar-refractivity contribution in [1.29, 1.82) is 0 Å². The molecule has 0 heterocycles. The highest BCUT2D eigenvalue weighted by Crippen LogP contribution is 2.31. The zero-order chi connectivity index (χ0) is 11.6. The summed E-state index contributed by atoms with van der Waals surface area (Å²) in [6.07, 6.45) is 0. The molecular weight excluding hydrogens is 254 g/mol. The highest BCUT2D eigenvalue weighted by molar-refractivity contribution is 6.64. The predicted molar refractivity (Wildman–Crippen MR) is 64.9 cm³/mol. The third-order valence-electron chi connectivity index (χ3n) is 2.21. The van der Waals surface area contributed by atoms with Crippen molar-refractivity contribution in [1.82, 2.24) is 0 Å². The van der Waals surface area contributed by atoms with E-state index in [1.54, 1.807) is 18.2 Å². The number of carbonyl (C=O) groups is 1. The fourth-order valence-electron chi connectivity index (χ4n) is 1.48. The van der Waals surface area contributed by atoms with Gasteiger partial charge in [-0.15, -0.1) is 0 Å². The molecular formula is C11H11Cl3O. The van der Waals surface area contributed by atoms with Gasteiger partial charge in [0.1, 0.15) is 0 Å². The fourth-order valence-corrected chi connectivity index (χ4v) is 2.17. The summed E-state index contributed by atoms with van der Waals surface area (Å²) in [6, 6.07) is 5.14. The number of hydrogen-bond acceptors (Lipinski definition) is 1. The first kappa shape index (κ1) is 12.8. The molecule has 0 fully saturated rings. The minimum absolute atomic E-state index is 0.132. The Labute approximate surface area is 104 Å². The monoisotopic (exact) mass is 264 g/mol. The van der Waals surface area contributed by atoms with Crippen LogP contribution in [0.5, 0.6) is 0 Å². The van der Waals surface area contributed by atoms with Crippen molar-refractivity contribution in [2.75, 3.05) is 0 Å². The van der Waals surface area contributed by atoms with Crippen molar-refractivity contribution in [2.24, 2.45) is 5.92 Å². The summed E-state index contributed by atoms with van der Waals surface area (Å²) in [5, 5.41) is 0.547. The van der Waals surface area contributed by atoms with E-state index in [1.165, 1.54) is 0 Å². The van der Waals surface area contributed by atoms with E-state index in [2.05, 4.69) is 0 Å². The van der Waals surface area contributed by atoms with E-state index in [9.17, 15) is 4.79 Å². The maximum atomic E-state index is 11.3. The van der Waals surface area contributed by atoms with Gasteiger partial charge < -0.3 is 0 Å². The molecule has 82 valence electrons. The summed E-state index contributed by atoms with van der Waals surface area (Å²) in [4.78, 5) is 11.3. The maximum Gasteiger partial charge on any atom is 0.229 e. The Morgan fingerprint density at radius 1 is 1.20 bits per heavy atom. The molecule has 1 rings (SSSR count). The lowest BCUT2D eigenvalue weighted by Crippen LogP contribution is -2.13. The molecule has 0 N–H and O–H groups in total. The van der Waals surface area contributed by atoms with Crippen LogP contribution in [0.3, 0.4) is 0 Å². The van der Waals surface area contributed by atoms with Gasteiger partial charge in [-0.05, 0) is 35.2 Å². The number of rotatable bonds is 3. The molecule has 0 radical (unpaired) electrons. The molecule has 0 bridgehead atoms. The van der Waals surface area contributed by atoms with Crippen molar-refractivity contribution < 1.29 is 4.79 Å². The molecule has 1 nitrogen and oxygen atoms in total. The molecule has 15 heavy (non-hydrogen) atoms. The predicted octanol–water partition coefficient (Wildman–Crippen LogP) is 4.50. The Bertz CT molecular complexity index is 374. The van der Waals surface area contributed by atoms with Crippen molar-refractivity contribution in [3.63, 3.8) is 0 Å². The number of benzene rings is 1. The van der Waals surface area contributed by atoms with E-state index in [-0.39, 0.29) is 17.1 Å². The molecule has 0 aliphatic heterocycles. The van der Waals surface area contributed by atoms with Crippen LogP contribution in [0.2, 0.25) is 10.0 Å². The topological polar surface area (TPSA) is 17.1 Å². The van der Waals surface area contributed by atoms with Gasteiger partial charge in [0.25, 0.3) is 0 Å². The summed E-state index contributed by atoms with van der Waals surface area (Å²) in [5.74, 6) is -0.200. The number of carbonyl (C=O) groups excluding carboxylic acids is 1. The first-order chi connectivity index (χ1) is 6.93. The molecule has 0 saturated carbocycles. The normalized spacial score (nSPS) is 12.9. The minimum Gasteiger partial charge on any atom is -0.281 e. The second kappa shape index (κ2) is 5.20. The van der Waals surface area contributed by atoms with Crippen LogP contribution in [-0.4, -0.2) is 5.24 Å². The maximum absolute atomic E-state index is 11.3. The van der Waals surface area contributed by atoms with E-state index in [4.69, 9.17) is 34.8 Å². The first-order valence-electron chi connectivity index (χ1n) is 4.57. The summed E-state index contributed by atoms with van der Waals surface area (Å²) < 4.78 is 0. The van der Waals surface area contributed by atoms with Gasteiger partial charge in [0.15, 0.2) is 0 Å². The summed E-state index contributed by atoms with van der Waals surface area (Å²) in [6.45, 7) is 3.88. The first-order valence-corrected chi connectivity index (χ1v) is 5.71. The SMILES string of the molecule is CC(C)C(C(=O)Cl)c1ccc(Cl)c(Cl)c1. The van der Waals surface area contributed by atoms with Gasteiger partial charge in [-0.25, -0.2) is 0 Å². The summed E-state index contributed by atoms with van der Waals surface area (Å²) in [5.41, 5.74) is 0.805. The third kappa shape index (κ3) is 3.10. The van der Waals surface area contributed by atoms with E-state index in [1.807, 2.05) is 13.8 Å². The molecule has 0 amide bonds. The molecule has 1 aromatic carbocycles. The highest BCUT2D eigenvalue weighted by atomic mass is 35.5. The van der Waals surface area contributed by atoms with Crippen molar-refractivity contribution >= 4 is 40.0 Å². The van der Waals surface area contributed by atoms with Crippen LogP contribution in [0, 0.1) is 5.92 Å². The third-order valence-corrected chi connectivity index (χ3v) is 3.19. The van der Waals surface area contributed by atoms with Crippen LogP contribution in [0.25, 0.3) is 0 Å². The zero-order valence-electron chi connectivity index (χ0n) is 8.43. The van der Waals surface area contributed by atoms with E-state index in [0.717, 1.165) is 5.56 Å². The van der Waals surface area contributed by atoms with Gasteiger partial charge >= 0.3 is 0 Å². The van der Waals surface area contributed by atoms with Gasteiger partial charge in [-0.2, -0.15) is 0 Å². The largest absolute Gasteiger partial charge is 0.281 e. The smallest absolute Gasteiger partial charge is 0.229 e. The second-order valence-electron chi connectivity index (χ2n) is 3.70. The van der Waals surface area contributed by atoms with Crippen LogP contribution in [0.15, 0.2) is 18.2 Å². The average Bonchev–Trinajstić information content (AvgIpc) is 2.10. The molecule has 0 aliphatic rings. The molecule has 4 heteroatoms. The van der Waals surface area contributed by atoms with Crippen LogP contribution in [0.4, 0.5) is 0 Å². The van der Waals surface area contributed by atoms with Gasteiger partial charge in [0.2, 0.25) is 5.24 Å². The Hall–Kier alpha value is -0.240. The Kier molecular flexibility index (Phi) is 4.45. The average molecular weight is 266 g/mol. The van der Waals surface area contributed by atoms with Crippen molar-refractivity contribution in [3.8, 4) is 0 Å². The van der Waals surface area contributed by atoms with Crippen molar-refractivity contribution in [2.45, 2.75) is 19.8 Å². The lowest BCUT2D eigenvalue weighted by atomic mass is 9.90. The standard InChI is InChI=1S/C11H11Cl3O/c1-6(2)10(11(14)15)7-3-4-8(12)9(13)5-7/h3-6,10H,1-2H3. The minimum atomic E-state index is -0.372. The molecule has 0 spiro atoms. The summed E-state index contributed by atoms with van der Waals surface area (Å²) >= 11 is 17.2. The van der Waals surface area contributed by atoms with E-state index in [0.29, 0.717) is 10.0 Å². The molecule has 0 saturated heterocycles. The van der Waals surface area contributed by atoms with Gasteiger partial charge in [-0.3, -0.25) is 4.79 Å². The van der Waals surface area contributed by atoms with Gasteiger partial charge in [0, 0.05) is 0 Å². The summed E-state index contributed by atoms with van der Waals surface area (Å²) in [7, 11) is 0. The Balaban J connectivity index is 3.12. The molecule has 1 atom stereocenters. The highest BCUT2D eigenvalue weighted by Gasteiger charge is 2.22.